The third-order valence-electron chi connectivity index (χ3n) is 4.30. The van der Waals surface area contributed by atoms with Gasteiger partial charge < -0.3 is 10.0 Å². The van der Waals surface area contributed by atoms with Gasteiger partial charge in [0.1, 0.15) is 0 Å². The van der Waals surface area contributed by atoms with Gasteiger partial charge in [-0.15, -0.1) is 0 Å². The maximum atomic E-state index is 12.8. The molecular weight excluding hydrogens is 324 g/mol. The minimum atomic E-state index is -0.385. The van der Waals surface area contributed by atoms with E-state index < -0.39 is 0 Å². The second kappa shape index (κ2) is 6.99. The number of carbonyl (C=O) groups excluding carboxylic acids is 1. The van der Waals surface area contributed by atoms with Crippen LogP contribution in [0, 0.1) is 23.3 Å². The van der Waals surface area contributed by atoms with Gasteiger partial charge in [0.25, 0.3) is 0 Å². The number of likely N-dealkylation sites (tertiary alicyclic amines) is 1. The molecule has 2 atom stereocenters. The van der Waals surface area contributed by atoms with Gasteiger partial charge in [0.15, 0.2) is 11.3 Å². The van der Waals surface area contributed by atoms with Crippen molar-refractivity contribution < 1.29 is 9.90 Å². The van der Waals surface area contributed by atoms with E-state index in [1.807, 2.05) is 30.3 Å². The highest BCUT2D eigenvalue weighted by atomic mass is 32.1. The van der Waals surface area contributed by atoms with Gasteiger partial charge in [-0.25, -0.2) is 4.98 Å². The summed E-state index contributed by atoms with van der Waals surface area (Å²) in [5.41, 5.74) is 1.06. The lowest BCUT2D eigenvalue weighted by molar-refractivity contribution is -0.123. The lowest BCUT2D eigenvalue weighted by Crippen LogP contribution is -2.37. The predicted molar refractivity (Wildman–Crippen MR) is 92.2 cm³/mol. The van der Waals surface area contributed by atoms with E-state index in [2.05, 4.69) is 11.2 Å². The van der Waals surface area contributed by atoms with Gasteiger partial charge in [0.2, 0.25) is 5.91 Å². The molecule has 1 fully saturated rings. The molecule has 2 aromatic rings. The van der Waals surface area contributed by atoms with Crippen molar-refractivity contribution in [3.63, 3.8) is 0 Å². The number of nitrogens with zero attached hydrogens (tertiary/aromatic N) is 4. The molecule has 0 aliphatic carbocycles. The molecule has 0 bridgehead atoms. The van der Waals surface area contributed by atoms with E-state index in [9.17, 15) is 9.90 Å². The first-order valence-corrected chi connectivity index (χ1v) is 8.50. The highest BCUT2D eigenvalue weighted by Crippen LogP contribution is 2.32. The average molecular weight is 342 g/mol. The molecule has 24 heavy (non-hydrogen) atoms. The quantitative estimate of drug-likeness (QED) is 0.857. The predicted octanol–water partition coefficient (Wildman–Crippen LogP) is 1.79. The number of aliphatic hydroxyl groups is 1. The van der Waals surface area contributed by atoms with E-state index in [1.165, 1.54) is 21.1 Å². The fourth-order valence-electron chi connectivity index (χ4n) is 2.92. The van der Waals surface area contributed by atoms with Gasteiger partial charge >= 0.3 is 0 Å². The number of anilines is 1. The number of rotatable bonds is 4. The van der Waals surface area contributed by atoms with E-state index in [4.69, 9.17) is 5.26 Å². The second-order valence-corrected chi connectivity index (χ2v) is 6.83. The van der Waals surface area contributed by atoms with Crippen molar-refractivity contribution in [3.8, 4) is 16.6 Å². The van der Waals surface area contributed by atoms with Crippen molar-refractivity contribution in [1.82, 2.24) is 9.88 Å². The van der Waals surface area contributed by atoms with Crippen LogP contribution in [0.5, 0.6) is 0 Å². The first-order valence-electron chi connectivity index (χ1n) is 7.68. The Bertz CT molecular complexity index is 755. The summed E-state index contributed by atoms with van der Waals surface area (Å²) in [6.45, 7) is 0.668. The Balaban J connectivity index is 1.77. The number of aliphatic hydroxyl groups excluding tert-OH is 1. The lowest BCUT2D eigenvalue weighted by Gasteiger charge is -2.21. The molecule has 1 aromatic carbocycles. The van der Waals surface area contributed by atoms with Gasteiger partial charge in [0.05, 0.1) is 10.8 Å². The summed E-state index contributed by atoms with van der Waals surface area (Å²) < 4.78 is 0. The highest BCUT2D eigenvalue weighted by molar-refractivity contribution is 7.19. The van der Waals surface area contributed by atoms with E-state index in [1.54, 1.807) is 13.2 Å². The van der Waals surface area contributed by atoms with Crippen molar-refractivity contribution in [1.29, 1.82) is 5.26 Å². The Labute approximate surface area is 144 Å². The SMILES string of the molecule is CN(C(=O)[C@@H]1CN(C#N)C[C@H]1CO)c1ncc(-c2ccccc2)s1. The van der Waals surface area contributed by atoms with Crippen LogP contribution in [-0.2, 0) is 4.79 Å². The first-order chi connectivity index (χ1) is 11.6. The Hall–Kier alpha value is -2.43. The van der Waals surface area contributed by atoms with Crippen LogP contribution in [0.3, 0.4) is 0 Å². The number of hydrogen-bond donors (Lipinski definition) is 1. The van der Waals surface area contributed by atoms with Crippen LogP contribution < -0.4 is 4.90 Å². The summed E-state index contributed by atoms with van der Waals surface area (Å²) >= 11 is 1.45. The van der Waals surface area contributed by atoms with E-state index in [-0.39, 0.29) is 24.3 Å². The maximum Gasteiger partial charge on any atom is 0.233 e. The van der Waals surface area contributed by atoms with E-state index in [0.29, 0.717) is 18.2 Å². The molecule has 7 heteroatoms. The highest BCUT2D eigenvalue weighted by Gasteiger charge is 2.39. The zero-order chi connectivity index (χ0) is 17.1. The van der Waals surface area contributed by atoms with Gasteiger partial charge in [-0.05, 0) is 5.56 Å². The largest absolute Gasteiger partial charge is 0.396 e. The summed E-state index contributed by atoms with van der Waals surface area (Å²) in [5.74, 6) is -0.711. The normalized spacial score (nSPS) is 20.0. The Morgan fingerprint density at radius 2 is 2.21 bits per heavy atom. The molecular formula is C17H18N4O2S. The topological polar surface area (TPSA) is 80.5 Å². The average Bonchev–Trinajstić information content (AvgIpc) is 3.28. The van der Waals surface area contributed by atoms with Crippen molar-refractivity contribution in [2.45, 2.75) is 0 Å². The van der Waals surface area contributed by atoms with Crippen LogP contribution in [0.25, 0.3) is 10.4 Å². The van der Waals surface area contributed by atoms with Crippen LogP contribution in [0.4, 0.5) is 5.13 Å². The summed E-state index contributed by atoms with van der Waals surface area (Å²) in [6.07, 6.45) is 3.82. The molecule has 2 heterocycles. The second-order valence-electron chi connectivity index (χ2n) is 5.82. The Kier molecular flexibility index (Phi) is 4.79. The summed E-state index contributed by atoms with van der Waals surface area (Å²) in [7, 11) is 1.69. The van der Waals surface area contributed by atoms with Crippen molar-refractivity contribution in [2.75, 3.05) is 31.6 Å². The molecule has 1 aliphatic rings. The first kappa shape index (κ1) is 16.4. The maximum absolute atomic E-state index is 12.8. The van der Waals surface area contributed by atoms with Crippen molar-refractivity contribution in [3.05, 3.63) is 36.5 Å². The molecule has 6 nitrogen and oxygen atoms in total. The van der Waals surface area contributed by atoms with Crippen LogP contribution in [0.1, 0.15) is 0 Å². The van der Waals surface area contributed by atoms with Crippen LogP contribution in [0.15, 0.2) is 36.5 Å². The minimum Gasteiger partial charge on any atom is -0.396 e. The molecule has 124 valence electrons. The molecule has 1 aliphatic heterocycles. The Morgan fingerprint density at radius 3 is 2.88 bits per heavy atom. The zero-order valence-electron chi connectivity index (χ0n) is 13.3. The van der Waals surface area contributed by atoms with Crippen LogP contribution >= 0.6 is 11.3 Å². The molecule has 1 amide bonds. The number of hydrogen-bond acceptors (Lipinski definition) is 6. The zero-order valence-corrected chi connectivity index (χ0v) is 14.1. The van der Waals surface area contributed by atoms with Crippen LogP contribution in [0.2, 0.25) is 0 Å². The number of nitriles is 1. The van der Waals surface area contributed by atoms with Crippen molar-refractivity contribution >= 4 is 22.4 Å². The van der Waals surface area contributed by atoms with Gasteiger partial charge in [-0.2, -0.15) is 5.26 Å². The molecule has 1 N–H and O–H groups in total. The standard InChI is InChI=1S/C17H18N4O2S/c1-20(16(23)14-9-21(11-18)8-13(14)10-22)17-19-7-15(24-17)12-5-3-2-4-6-12/h2-7,13-14,22H,8-10H2,1H3/t13-,14+/m0/s1. The van der Waals surface area contributed by atoms with Gasteiger partial charge in [-0.3, -0.25) is 9.69 Å². The molecule has 3 rings (SSSR count). The molecule has 1 saturated heterocycles. The number of thiazole rings is 1. The number of aromatic nitrogens is 1. The molecule has 0 saturated carbocycles. The number of benzene rings is 1. The molecule has 1 aromatic heterocycles. The fraction of sp³-hybridized carbons (Fsp3) is 0.353. The molecule has 0 spiro atoms. The van der Waals surface area contributed by atoms with Crippen LogP contribution in [-0.4, -0.2) is 47.6 Å². The van der Waals surface area contributed by atoms with E-state index >= 15 is 0 Å². The third kappa shape index (κ3) is 3.11. The summed E-state index contributed by atoms with van der Waals surface area (Å²) in [4.78, 5) is 21.2. The fourth-order valence-corrected chi connectivity index (χ4v) is 3.80. The Morgan fingerprint density at radius 1 is 1.46 bits per heavy atom. The minimum absolute atomic E-state index is 0.102. The lowest BCUT2D eigenvalue weighted by atomic mass is 9.96. The van der Waals surface area contributed by atoms with Gasteiger partial charge in [0, 0.05) is 38.9 Å². The van der Waals surface area contributed by atoms with Crippen molar-refractivity contribution in [2.24, 2.45) is 11.8 Å². The smallest absolute Gasteiger partial charge is 0.233 e. The van der Waals surface area contributed by atoms with Gasteiger partial charge in [-0.1, -0.05) is 41.7 Å². The number of amides is 1. The van der Waals surface area contributed by atoms with E-state index in [0.717, 1.165) is 10.4 Å². The number of carbonyl (C=O) groups is 1. The summed E-state index contributed by atoms with van der Waals surface area (Å²) in [5, 5.41) is 19.1. The molecule has 0 radical (unpaired) electrons. The third-order valence-corrected chi connectivity index (χ3v) is 5.43. The monoisotopic (exact) mass is 342 g/mol. The summed E-state index contributed by atoms with van der Waals surface area (Å²) in [6, 6.07) is 9.89. The molecule has 0 unspecified atom stereocenters.